The number of hydrogen-bond acceptors (Lipinski definition) is 2. The molecule has 96 valence electrons. The fourth-order valence-electron chi connectivity index (χ4n) is 1.53. The Bertz CT molecular complexity index is 361. The van der Waals surface area contributed by atoms with Crippen molar-refractivity contribution >= 4 is 15.9 Å². The summed E-state index contributed by atoms with van der Waals surface area (Å²) in [7, 11) is 1.73. The van der Waals surface area contributed by atoms with Gasteiger partial charge in [-0.15, -0.1) is 0 Å². The third-order valence-electron chi connectivity index (χ3n) is 2.94. The van der Waals surface area contributed by atoms with Gasteiger partial charge in [-0.05, 0) is 26.3 Å². The summed E-state index contributed by atoms with van der Waals surface area (Å²) in [6.07, 6.45) is 0.875. The number of para-hydroxylation sites is 1. The van der Waals surface area contributed by atoms with E-state index in [1.54, 1.807) is 7.11 Å². The van der Waals surface area contributed by atoms with E-state index in [9.17, 15) is 0 Å². The van der Waals surface area contributed by atoms with Gasteiger partial charge >= 0.3 is 0 Å². The zero-order valence-electron chi connectivity index (χ0n) is 11.0. The summed E-state index contributed by atoms with van der Waals surface area (Å²) in [4.78, 5) is 0. The van der Waals surface area contributed by atoms with Crippen LogP contribution in [0.4, 0.5) is 0 Å². The molecule has 17 heavy (non-hydrogen) atoms. The summed E-state index contributed by atoms with van der Waals surface area (Å²) < 4.78 is 11.3. The lowest BCUT2D eigenvalue weighted by Gasteiger charge is -2.23. The predicted molar refractivity (Wildman–Crippen MR) is 75.0 cm³/mol. The highest BCUT2D eigenvalue weighted by Gasteiger charge is 2.16. The number of benzene rings is 1. The van der Waals surface area contributed by atoms with Crippen LogP contribution in [0.15, 0.2) is 18.2 Å². The third kappa shape index (κ3) is 4.32. The van der Waals surface area contributed by atoms with Crippen LogP contribution in [0, 0.1) is 6.92 Å². The van der Waals surface area contributed by atoms with Crippen LogP contribution in [0.3, 0.4) is 0 Å². The van der Waals surface area contributed by atoms with Gasteiger partial charge in [-0.25, -0.2) is 0 Å². The number of halogens is 1. The van der Waals surface area contributed by atoms with Gasteiger partial charge in [-0.2, -0.15) is 0 Å². The molecule has 0 radical (unpaired) electrons. The Morgan fingerprint density at radius 2 is 2.00 bits per heavy atom. The molecule has 0 aliphatic carbocycles. The molecule has 0 amide bonds. The van der Waals surface area contributed by atoms with E-state index in [1.165, 1.54) is 11.1 Å². The molecule has 0 atom stereocenters. The van der Waals surface area contributed by atoms with E-state index in [-0.39, 0.29) is 5.60 Å². The summed E-state index contributed by atoms with van der Waals surface area (Å²) in [5, 5.41) is 0.817. The number of aryl methyl sites for hydroxylation is 1. The third-order valence-corrected chi connectivity index (χ3v) is 3.54. The van der Waals surface area contributed by atoms with Crippen LogP contribution in [0.25, 0.3) is 0 Å². The Morgan fingerprint density at radius 3 is 2.59 bits per heavy atom. The lowest BCUT2D eigenvalue weighted by atomic mass is 10.1. The highest BCUT2D eigenvalue weighted by molar-refractivity contribution is 9.08. The van der Waals surface area contributed by atoms with E-state index < -0.39 is 0 Å². The number of hydrogen-bond donors (Lipinski definition) is 0. The maximum atomic E-state index is 5.89. The Morgan fingerprint density at radius 1 is 1.29 bits per heavy atom. The van der Waals surface area contributed by atoms with Crippen molar-refractivity contribution in [2.75, 3.05) is 13.7 Å². The summed E-state index contributed by atoms with van der Waals surface area (Å²) in [5.74, 6) is 0.997. The Labute approximate surface area is 112 Å². The Kier molecular flexibility index (Phi) is 5.47. The predicted octanol–water partition coefficient (Wildman–Crippen LogP) is 4.08. The van der Waals surface area contributed by atoms with E-state index in [2.05, 4.69) is 54.9 Å². The van der Waals surface area contributed by atoms with Crippen LogP contribution in [0.2, 0.25) is 0 Å². The summed E-state index contributed by atoms with van der Waals surface area (Å²) in [5.41, 5.74) is 2.24. The van der Waals surface area contributed by atoms with Gasteiger partial charge < -0.3 is 9.47 Å². The van der Waals surface area contributed by atoms with Crippen molar-refractivity contribution in [3.05, 3.63) is 29.3 Å². The molecular weight excluding hydrogens is 280 g/mol. The van der Waals surface area contributed by atoms with Crippen LogP contribution < -0.4 is 4.74 Å². The molecule has 0 aliphatic rings. The van der Waals surface area contributed by atoms with Crippen LogP contribution in [-0.4, -0.2) is 19.3 Å². The molecule has 0 saturated carbocycles. The lowest BCUT2D eigenvalue weighted by Crippen LogP contribution is -2.25. The minimum atomic E-state index is -0.128. The smallest absolute Gasteiger partial charge is 0.126 e. The zero-order chi connectivity index (χ0) is 12.9. The quantitative estimate of drug-likeness (QED) is 0.737. The zero-order valence-corrected chi connectivity index (χ0v) is 12.6. The minimum Gasteiger partial charge on any atom is -0.493 e. The van der Waals surface area contributed by atoms with Crippen molar-refractivity contribution in [1.82, 2.24) is 0 Å². The first-order valence-electron chi connectivity index (χ1n) is 5.82. The Hall–Kier alpha value is -0.540. The SMILES string of the molecule is COC(C)(C)CCOc1c(C)cccc1CBr. The Balaban J connectivity index is 2.63. The fourth-order valence-corrected chi connectivity index (χ4v) is 1.97. The molecule has 3 heteroatoms. The van der Waals surface area contributed by atoms with Crippen molar-refractivity contribution in [2.45, 2.75) is 38.1 Å². The van der Waals surface area contributed by atoms with Gasteiger partial charge in [0.05, 0.1) is 12.2 Å². The molecule has 1 aromatic rings. The van der Waals surface area contributed by atoms with Crippen LogP contribution in [-0.2, 0) is 10.1 Å². The average Bonchev–Trinajstić information content (AvgIpc) is 2.31. The molecule has 0 bridgehead atoms. The molecule has 1 aromatic carbocycles. The van der Waals surface area contributed by atoms with Gasteiger partial charge in [0.2, 0.25) is 0 Å². The van der Waals surface area contributed by atoms with Gasteiger partial charge in [-0.3, -0.25) is 0 Å². The van der Waals surface area contributed by atoms with Crippen LogP contribution >= 0.6 is 15.9 Å². The van der Waals surface area contributed by atoms with Crippen molar-refractivity contribution < 1.29 is 9.47 Å². The maximum absolute atomic E-state index is 5.89. The first kappa shape index (κ1) is 14.5. The average molecular weight is 301 g/mol. The number of alkyl halides is 1. The van der Waals surface area contributed by atoms with Gasteiger partial charge in [0, 0.05) is 24.4 Å². The molecule has 0 aromatic heterocycles. The molecule has 0 N–H and O–H groups in total. The monoisotopic (exact) mass is 300 g/mol. The van der Waals surface area contributed by atoms with Crippen molar-refractivity contribution in [2.24, 2.45) is 0 Å². The van der Waals surface area contributed by atoms with Gasteiger partial charge in [0.15, 0.2) is 0 Å². The first-order valence-corrected chi connectivity index (χ1v) is 6.95. The molecule has 0 aliphatic heterocycles. The summed E-state index contributed by atoms with van der Waals surface area (Å²) in [6.45, 7) is 6.88. The number of rotatable bonds is 6. The first-order chi connectivity index (χ1) is 8.00. The molecule has 1 rings (SSSR count). The van der Waals surface area contributed by atoms with Crippen molar-refractivity contribution in [3.8, 4) is 5.75 Å². The molecule has 0 spiro atoms. The standard InChI is InChI=1S/C14H21BrO2/c1-11-6-5-7-12(10-15)13(11)17-9-8-14(2,3)16-4/h5-7H,8-10H2,1-4H3. The van der Waals surface area contributed by atoms with Crippen molar-refractivity contribution in [1.29, 1.82) is 0 Å². The van der Waals surface area contributed by atoms with Crippen LogP contribution in [0.1, 0.15) is 31.4 Å². The largest absolute Gasteiger partial charge is 0.493 e. The van der Waals surface area contributed by atoms with E-state index in [0.29, 0.717) is 6.61 Å². The van der Waals surface area contributed by atoms with E-state index in [4.69, 9.17) is 9.47 Å². The molecular formula is C14H21BrO2. The molecule has 0 fully saturated rings. The highest BCUT2D eigenvalue weighted by Crippen LogP contribution is 2.26. The molecule has 0 heterocycles. The number of methoxy groups -OCH3 is 1. The summed E-state index contributed by atoms with van der Waals surface area (Å²) in [6, 6.07) is 6.21. The number of ether oxygens (including phenoxy) is 2. The summed E-state index contributed by atoms with van der Waals surface area (Å²) >= 11 is 3.48. The maximum Gasteiger partial charge on any atom is 0.126 e. The van der Waals surface area contributed by atoms with E-state index in [1.807, 2.05) is 0 Å². The normalized spacial score (nSPS) is 11.6. The van der Waals surface area contributed by atoms with E-state index in [0.717, 1.165) is 17.5 Å². The minimum absolute atomic E-state index is 0.128. The van der Waals surface area contributed by atoms with Crippen LogP contribution in [0.5, 0.6) is 5.75 Å². The molecule has 0 saturated heterocycles. The fraction of sp³-hybridized carbons (Fsp3) is 0.571. The topological polar surface area (TPSA) is 18.5 Å². The second kappa shape index (κ2) is 6.41. The lowest BCUT2D eigenvalue weighted by molar-refractivity contribution is 0.00533. The second-order valence-corrected chi connectivity index (χ2v) is 5.32. The molecule has 2 nitrogen and oxygen atoms in total. The van der Waals surface area contributed by atoms with E-state index >= 15 is 0 Å². The van der Waals surface area contributed by atoms with Crippen molar-refractivity contribution in [3.63, 3.8) is 0 Å². The van der Waals surface area contributed by atoms with Gasteiger partial charge in [-0.1, -0.05) is 34.1 Å². The van der Waals surface area contributed by atoms with Gasteiger partial charge in [0.1, 0.15) is 5.75 Å². The highest BCUT2D eigenvalue weighted by atomic mass is 79.9. The molecule has 0 unspecified atom stereocenters. The van der Waals surface area contributed by atoms with Gasteiger partial charge in [0.25, 0.3) is 0 Å². The second-order valence-electron chi connectivity index (χ2n) is 4.76.